The number of hydrogen-bond donors (Lipinski definition) is 0. The van der Waals surface area contributed by atoms with Gasteiger partial charge < -0.3 is 13.9 Å². The minimum Gasteiger partial charge on any atom is -0.407 e. The molecule has 4 rings (SSSR count). The normalized spacial score (nSPS) is 12.3. The van der Waals surface area contributed by atoms with E-state index in [0.717, 1.165) is 18.2 Å². The van der Waals surface area contributed by atoms with Crippen LogP contribution in [0.1, 0.15) is 5.56 Å². The number of nitrogens with zero attached hydrogens (tertiary/aromatic N) is 2. The Kier molecular flexibility index (Phi) is 7.20. The monoisotopic (exact) mass is 532 g/mol. The number of ether oxygens (including phenoxy) is 2. The van der Waals surface area contributed by atoms with Gasteiger partial charge in [0.2, 0.25) is 0 Å². The molecule has 0 radical (unpaired) electrons. The van der Waals surface area contributed by atoms with Crippen molar-refractivity contribution in [1.29, 1.82) is 0 Å². The molecule has 0 atom stereocenters. The first kappa shape index (κ1) is 26.5. The third-order valence-electron chi connectivity index (χ3n) is 5.81. The first-order valence-electron chi connectivity index (χ1n) is 11.6. The van der Waals surface area contributed by atoms with Crippen LogP contribution in [0.4, 0.5) is 13.2 Å². The largest absolute Gasteiger partial charge is 0.573 e. The molecule has 0 N–H and O–H groups in total. The molecule has 196 valence electrons. The van der Waals surface area contributed by atoms with E-state index in [2.05, 4.69) is 24.4 Å². The number of para-hydroxylation sites is 1. The predicted molar refractivity (Wildman–Crippen MR) is 137 cm³/mol. The smallest absolute Gasteiger partial charge is 0.407 e. The number of fused-ring (bicyclic) bond motifs is 1. The Balaban J connectivity index is 1.70. The standard InChI is InChI=1S/C26H27F3N2O5Si/c1-17-14-23(32)30(18-8-10-19(11-9-18)36-26(27,28)29)15-21(17)20-6-5-7-22-24(20)35-25(33)31(22)16-34-12-13-37(2,3)4/h5-11,14-15H,12-13,16H2,1-4H3. The molecule has 0 aliphatic rings. The number of rotatable bonds is 8. The molecule has 0 fully saturated rings. The first-order valence-corrected chi connectivity index (χ1v) is 15.3. The molecule has 0 amide bonds. The molecule has 2 aromatic heterocycles. The average molecular weight is 533 g/mol. The van der Waals surface area contributed by atoms with Gasteiger partial charge in [0, 0.05) is 43.8 Å². The van der Waals surface area contributed by atoms with E-state index in [4.69, 9.17) is 9.15 Å². The van der Waals surface area contributed by atoms with Gasteiger partial charge in [0.1, 0.15) is 12.5 Å². The Morgan fingerprint density at radius 3 is 2.35 bits per heavy atom. The van der Waals surface area contributed by atoms with Crippen molar-refractivity contribution in [2.75, 3.05) is 6.61 Å². The number of aryl methyl sites for hydroxylation is 1. The Morgan fingerprint density at radius 1 is 1.00 bits per heavy atom. The summed E-state index contributed by atoms with van der Waals surface area (Å²) in [7, 11) is -1.28. The van der Waals surface area contributed by atoms with E-state index < -0.39 is 25.9 Å². The number of oxazole rings is 1. The summed E-state index contributed by atoms with van der Waals surface area (Å²) in [6, 6.07) is 12.7. The Labute approximate surface area is 211 Å². The third kappa shape index (κ3) is 6.23. The summed E-state index contributed by atoms with van der Waals surface area (Å²) in [5.41, 5.74) is 2.76. The highest BCUT2D eigenvalue weighted by Crippen LogP contribution is 2.31. The number of hydrogen-bond acceptors (Lipinski definition) is 5. The fraction of sp³-hybridized carbons (Fsp3) is 0.308. The highest BCUT2D eigenvalue weighted by Gasteiger charge is 2.31. The summed E-state index contributed by atoms with van der Waals surface area (Å²) in [6.45, 7) is 9.10. The number of alkyl halides is 3. The number of pyridine rings is 1. The van der Waals surface area contributed by atoms with Crippen LogP contribution in [-0.2, 0) is 11.5 Å². The van der Waals surface area contributed by atoms with Gasteiger partial charge in [-0.25, -0.2) is 9.36 Å². The second-order valence-electron chi connectivity index (χ2n) is 9.92. The van der Waals surface area contributed by atoms with Gasteiger partial charge in [0.25, 0.3) is 5.56 Å². The topological polar surface area (TPSA) is 75.6 Å². The van der Waals surface area contributed by atoms with E-state index in [-0.39, 0.29) is 12.3 Å². The maximum atomic E-state index is 12.7. The van der Waals surface area contributed by atoms with Crippen molar-refractivity contribution in [1.82, 2.24) is 9.13 Å². The molecule has 2 aromatic carbocycles. The summed E-state index contributed by atoms with van der Waals surface area (Å²) < 4.78 is 55.5. The second kappa shape index (κ2) is 10.1. The van der Waals surface area contributed by atoms with Crippen LogP contribution in [0.2, 0.25) is 25.7 Å². The molecule has 0 saturated heterocycles. The zero-order valence-electron chi connectivity index (χ0n) is 20.9. The van der Waals surface area contributed by atoms with Gasteiger partial charge in [0.05, 0.1) is 5.52 Å². The van der Waals surface area contributed by atoms with E-state index >= 15 is 0 Å². The van der Waals surface area contributed by atoms with Gasteiger partial charge in [-0.05, 0) is 48.9 Å². The van der Waals surface area contributed by atoms with Crippen molar-refractivity contribution in [2.24, 2.45) is 0 Å². The summed E-state index contributed by atoms with van der Waals surface area (Å²) in [4.78, 5) is 25.4. The van der Waals surface area contributed by atoms with Crippen LogP contribution in [0.25, 0.3) is 27.9 Å². The van der Waals surface area contributed by atoms with Gasteiger partial charge in [-0.15, -0.1) is 13.2 Å². The average Bonchev–Trinajstić information content (AvgIpc) is 3.11. The molecule has 2 heterocycles. The lowest BCUT2D eigenvalue weighted by atomic mass is 10.0. The van der Waals surface area contributed by atoms with Gasteiger partial charge in [-0.2, -0.15) is 0 Å². The molecule has 0 spiro atoms. The molecular weight excluding hydrogens is 505 g/mol. The quantitative estimate of drug-likeness (QED) is 0.208. The fourth-order valence-electron chi connectivity index (χ4n) is 3.87. The van der Waals surface area contributed by atoms with Gasteiger partial charge in [-0.3, -0.25) is 9.36 Å². The first-order chi connectivity index (χ1) is 17.3. The summed E-state index contributed by atoms with van der Waals surface area (Å²) in [5, 5.41) is 0. The number of benzene rings is 2. The Morgan fingerprint density at radius 2 is 1.70 bits per heavy atom. The molecule has 0 saturated carbocycles. The van der Waals surface area contributed by atoms with Crippen LogP contribution >= 0.6 is 0 Å². The lowest BCUT2D eigenvalue weighted by Crippen LogP contribution is -2.23. The predicted octanol–water partition coefficient (Wildman–Crippen LogP) is 5.93. The van der Waals surface area contributed by atoms with Crippen LogP contribution in [0, 0.1) is 6.92 Å². The molecule has 11 heteroatoms. The molecular formula is C26H27F3N2O5Si. The molecule has 0 bridgehead atoms. The number of halogens is 3. The van der Waals surface area contributed by atoms with E-state index in [0.29, 0.717) is 40.1 Å². The summed E-state index contributed by atoms with van der Waals surface area (Å²) in [5.74, 6) is -0.946. The van der Waals surface area contributed by atoms with Crippen molar-refractivity contribution in [3.63, 3.8) is 0 Å². The summed E-state index contributed by atoms with van der Waals surface area (Å²) in [6.07, 6.45) is -3.23. The maximum Gasteiger partial charge on any atom is 0.573 e. The van der Waals surface area contributed by atoms with Gasteiger partial charge >= 0.3 is 12.1 Å². The SMILES string of the molecule is Cc1cc(=O)n(-c2ccc(OC(F)(F)F)cc2)cc1-c1cccc2c1oc(=O)n2COCC[Si](C)(C)C. The molecule has 7 nitrogen and oxygen atoms in total. The van der Waals surface area contributed by atoms with Crippen LogP contribution in [0.15, 0.2) is 68.7 Å². The lowest BCUT2D eigenvalue weighted by Gasteiger charge is -2.15. The van der Waals surface area contributed by atoms with Crippen molar-refractivity contribution in [2.45, 2.75) is 45.7 Å². The molecule has 37 heavy (non-hydrogen) atoms. The van der Waals surface area contributed by atoms with Crippen molar-refractivity contribution in [3.8, 4) is 22.6 Å². The van der Waals surface area contributed by atoms with Crippen LogP contribution in [0.3, 0.4) is 0 Å². The molecule has 0 aliphatic carbocycles. The van der Waals surface area contributed by atoms with Crippen LogP contribution in [-0.4, -0.2) is 30.2 Å². The molecule has 4 aromatic rings. The molecule has 0 unspecified atom stereocenters. The fourth-order valence-corrected chi connectivity index (χ4v) is 4.63. The van der Waals surface area contributed by atoms with Crippen LogP contribution < -0.4 is 16.1 Å². The van der Waals surface area contributed by atoms with Crippen LogP contribution in [0.5, 0.6) is 5.75 Å². The van der Waals surface area contributed by atoms with E-state index in [1.807, 2.05) is 0 Å². The summed E-state index contributed by atoms with van der Waals surface area (Å²) >= 11 is 0. The lowest BCUT2D eigenvalue weighted by molar-refractivity contribution is -0.274. The van der Waals surface area contributed by atoms with E-state index in [1.54, 1.807) is 31.3 Å². The van der Waals surface area contributed by atoms with Crippen molar-refractivity contribution >= 4 is 19.2 Å². The minimum absolute atomic E-state index is 0.0601. The number of aromatic nitrogens is 2. The highest BCUT2D eigenvalue weighted by molar-refractivity contribution is 6.76. The van der Waals surface area contributed by atoms with Crippen molar-refractivity contribution in [3.05, 3.63) is 81.2 Å². The third-order valence-corrected chi connectivity index (χ3v) is 7.51. The maximum absolute atomic E-state index is 12.7. The zero-order valence-corrected chi connectivity index (χ0v) is 21.9. The highest BCUT2D eigenvalue weighted by atomic mass is 28.3. The minimum atomic E-state index is -4.81. The van der Waals surface area contributed by atoms with E-state index in [1.165, 1.54) is 27.3 Å². The van der Waals surface area contributed by atoms with E-state index in [9.17, 15) is 22.8 Å². The molecule has 0 aliphatic heterocycles. The Hall–Kier alpha value is -3.57. The zero-order chi connectivity index (χ0) is 27.0. The van der Waals surface area contributed by atoms with Gasteiger partial charge in [0.15, 0.2) is 5.58 Å². The van der Waals surface area contributed by atoms with Gasteiger partial charge in [-0.1, -0.05) is 31.8 Å². The van der Waals surface area contributed by atoms with Crippen molar-refractivity contribution < 1.29 is 27.1 Å². The Bertz CT molecular complexity index is 1530. The second-order valence-corrected chi connectivity index (χ2v) is 15.5.